The molecule has 6 nitrogen and oxygen atoms in total. The van der Waals surface area contributed by atoms with Gasteiger partial charge in [-0.2, -0.15) is 11.3 Å². The van der Waals surface area contributed by atoms with Crippen molar-refractivity contribution in [1.82, 2.24) is 10.2 Å². The number of hydrogen-bond acceptors (Lipinski definition) is 5. The van der Waals surface area contributed by atoms with Gasteiger partial charge in [0.1, 0.15) is 6.20 Å². The van der Waals surface area contributed by atoms with Crippen LogP contribution in [-0.4, -0.2) is 21.7 Å². The number of nitrogens with one attached hydrogen (secondary N) is 2. The minimum Gasteiger partial charge on any atom is -0.376 e. The van der Waals surface area contributed by atoms with Crippen molar-refractivity contribution in [2.45, 2.75) is 6.42 Å². The van der Waals surface area contributed by atoms with E-state index < -0.39 is 4.92 Å². The number of anilines is 1. The molecule has 2 aromatic heterocycles. The fourth-order valence-electron chi connectivity index (χ4n) is 1.32. The Morgan fingerprint density at radius 2 is 2.50 bits per heavy atom. The molecular weight excluding hydrogens is 228 g/mol. The molecule has 0 unspecified atom stereocenters. The number of H-pyrrole nitrogens is 1. The fraction of sp³-hybridized carbons (Fsp3) is 0.222. The molecule has 0 aromatic carbocycles. The Balaban J connectivity index is 1.90. The third-order valence-corrected chi connectivity index (χ3v) is 2.84. The van der Waals surface area contributed by atoms with Gasteiger partial charge in [-0.15, -0.1) is 5.10 Å². The summed E-state index contributed by atoms with van der Waals surface area (Å²) in [5, 5.41) is 23.6. The lowest BCUT2D eigenvalue weighted by molar-refractivity contribution is -0.388. The lowest BCUT2D eigenvalue weighted by atomic mass is 10.2. The summed E-state index contributed by atoms with van der Waals surface area (Å²) < 4.78 is 0. The average Bonchev–Trinajstić information content (AvgIpc) is 2.87. The van der Waals surface area contributed by atoms with E-state index in [1.54, 1.807) is 11.3 Å². The van der Waals surface area contributed by atoms with Gasteiger partial charge in [0, 0.05) is 6.54 Å². The molecule has 84 valence electrons. The van der Waals surface area contributed by atoms with Gasteiger partial charge in [0.25, 0.3) is 0 Å². The topological polar surface area (TPSA) is 83.8 Å². The van der Waals surface area contributed by atoms with E-state index in [0.717, 1.165) is 6.42 Å². The van der Waals surface area contributed by atoms with E-state index in [2.05, 4.69) is 20.9 Å². The highest BCUT2D eigenvalue weighted by Gasteiger charge is 2.13. The Morgan fingerprint density at radius 1 is 1.62 bits per heavy atom. The molecule has 2 N–H and O–H groups in total. The lowest BCUT2D eigenvalue weighted by Crippen LogP contribution is -2.05. The van der Waals surface area contributed by atoms with Crippen LogP contribution in [0.4, 0.5) is 11.5 Å². The molecule has 0 amide bonds. The maximum Gasteiger partial charge on any atom is 0.366 e. The highest BCUT2D eigenvalue weighted by molar-refractivity contribution is 7.07. The van der Waals surface area contributed by atoms with Gasteiger partial charge >= 0.3 is 5.82 Å². The van der Waals surface area contributed by atoms with E-state index >= 15 is 0 Å². The van der Waals surface area contributed by atoms with Gasteiger partial charge < -0.3 is 15.4 Å². The van der Waals surface area contributed by atoms with Crippen LogP contribution in [-0.2, 0) is 6.42 Å². The minimum absolute atomic E-state index is 0.0923. The fourth-order valence-corrected chi connectivity index (χ4v) is 2.03. The molecule has 2 heterocycles. The predicted molar refractivity (Wildman–Crippen MR) is 61.8 cm³/mol. The smallest absolute Gasteiger partial charge is 0.366 e. The summed E-state index contributed by atoms with van der Waals surface area (Å²) in [5.41, 5.74) is 1.66. The van der Waals surface area contributed by atoms with Crippen molar-refractivity contribution in [2.75, 3.05) is 11.9 Å². The monoisotopic (exact) mass is 238 g/mol. The third kappa shape index (κ3) is 2.37. The quantitative estimate of drug-likeness (QED) is 0.616. The maximum atomic E-state index is 10.6. The zero-order chi connectivity index (χ0) is 11.4. The highest BCUT2D eigenvalue weighted by Crippen LogP contribution is 2.19. The molecule has 0 fully saturated rings. The van der Waals surface area contributed by atoms with Gasteiger partial charge in [-0.25, -0.2) is 0 Å². The number of rotatable bonds is 5. The van der Waals surface area contributed by atoms with Crippen LogP contribution in [0.2, 0.25) is 0 Å². The number of aromatic amines is 1. The first-order valence-corrected chi connectivity index (χ1v) is 5.64. The van der Waals surface area contributed by atoms with Gasteiger partial charge in [0.05, 0.1) is 0 Å². The van der Waals surface area contributed by atoms with Crippen molar-refractivity contribution >= 4 is 22.8 Å². The van der Waals surface area contributed by atoms with Crippen LogP contribution in [0.15, 0.2) is 23.0 Å². The van der Waals surface area contributed by atoms with Crippen LogP contribution in [0.1, 0.15) is 5.56 Å². The summed E-state index contributed by atoms with van der Waals surface area (Å²) in [5.74, 6) is -0.0923. The molecule has 0 saturated carbocycles. The molecular formula is C9H10N4O2S. The normalized spacial score (nSPS) is 10.2. The Bertz CT molecular complexity index is 466. The SMILES string of the molecule is O=[N+]([O-])c1[nH]ncc1NCCc1ccsc1. The maximum absolute atomic E-state index is 10.6. The van der Waals surface area contributed by atoms with Crippen molar-refractivity contribution in [3.8, 4) is 0 Å². The van der Waals surface area contributed by atoms with E-state index in [1.165, 1.54) is 11.8 Å². The zero-order valence-electron chi connectivity index (χ0n) is 8.34. The first-order chi connectivity index (χ1) is 7.77. The number of aromatic nitrogens is 2. The molecule has 16 heavy (non-hydrogen) atoms. The van der Waals surface area contributed by atoms with E-state index in [1.807, 2.05) is 11.4 Å². The van der Waals surface area contributed by atoms with Crippen molar-refractivity contribution < 1.29 is 4.92 Å². The van der Waals surface area contributed by atoms with Gasteiger partial charge in [-0.3, -0.25) is 0 Å². The molecule has 0 aliphatic carbocycles. The second-order valence-corrected chi connectivity index (χ2v) is 3.98. The highest BCUT2D eigenvalue weighted by atomic mass is 32.1. The molecule has 0 radical (unpaired) electrons. The Labute approximate surface area is 95.5 Å². The van der Waals surface area contributed by atoms with Gasteiger partial charge in [0.2, 0.25) is 0 Å². The molecule has 2 aromatic rings. The number of thiophene rings is 1. The van der Waals surface area contributed by atoms with Crippen molar-refractivity contribution in [3.63, 3.8) is 0 Å². The largest absolute Gasteiger partial charge is 0.376 e. The lowest BCUT2D eigenvalue weighted by Gasteiger charge is -2.01. The first kappa shape index (κ1) is 10.6. The molecule has 0 spiro atoms. The first-order valence-electron chi connectivity index (χ1n) is 4.70. The van der Waals surface area contributed by atoms with Crippen molar-refractivity contribution in [2.24, 2.45) is 0 Å². The summed E-state index contributed by atoms with van der Waals surface area (Å²) in [6.07, 6.45) is 2.26. The summed E-state index contributed by atoms with van der Waals surface area (Å²) in [6.45, 7) is 0.650. The van der Waals surface area contributed by atoms with Gasteiger partial charge in [-0.05, 0) is 33.7 Å². The van der Waals surface area contributed by atoms with E-state index in [-0.39, 0.29) is 5.82 Å². The number of nitro groups is 1. The Morgan fingerprint density at radius 3 is 3.19 bits per heavy atom. The van der Waals surface area contributed by atoms with Crippen LogP contribution < -0.4 is 5.32 Å². The second-order valence-electron chi connectivity index (χ2n) is 3.20. The summed E-state index contributed by atoms with van der Waals surface area (Å²) in [4.78, 5) is 10.1. The third-order valence-electron chi connectivity index (χ3n) is 2.11. The van der Waals surface area contributed by atoms with Crippen LogP contribution in [0.5, 0.6) is 0 Å². The predicted octanol–water partition coefficient (Wildman–Crippen LogP) is 2.03. The summed E-state index contributed by atoms with van der Waals surface area (Å²) >= 11 is 1.64. The van der Waals surface area contributed by atoms with E-state index in [9.17, 15) is 10.1 Å². The van der Waals surface area contributed by atoms with Crippen molar-refractivity contribution in [1.29, 1.82) is 0 Å². The molecule has 0 aliphatic rings. The summed E-state index contributed by atoms with van der Waals surface area (Å²) in [6, 6.07) is 2.04. The molecule has 2 rings (SSSR count). The van der Waals surface area contributed by atoms with E-state index in [0.29, 0.717) is 12.2 Å². The van der Waals surface area contributed by atoms with Crippen LogP contribution in [0.3, 0.4) is 0 Å². The van der Waals surface area contributed by atoms with Crippen molar-refractivity contribution in [3.05, 3.63) is 38.7 Å². The number of nitrogens with zero attached hydrogens (tertiary/aromatic N) is 2. The zero-order valence-corrected chi connectivity index (χ0v) is 9.16. The van der Waals surface area contributed by atoms with Gasteiger partial charge in [-0.1, -0.05) is 5.10 Å². The minimum atomic E-state index is -0.486. The molecule has 0 atom stereocenters. The Hall–Kier alpha value is -1.89. The standard InChI is InChI=1S/C9H10N4O2S/c14-13(15)9-8(5-11-12-9)10-3-1-7-2-4-16-6-7/h2,4-6,10H,1,3H2,(H,11,12). The molecule has 0 bridgehead atoms. The van der Waals surface area contributed by atoms with E-state index in [4.69, 9.17) is 0 Å². The Kier molecular flexibility index (Phi) is 3.16. The molecule has 7 heteroatoms. The average molecular weight is 238 g/mol. The summed E-state index contributed by atoms with van der Waals surface area (Å²) in [7, 11) is 0. The molecule has 0 saturated heterocycles. The van der Waals surface area contributed by atoms with Gasteiger partial charge in [0.15, 0.2) is 5.69 Å². The van der Waals surface area contributed by atoms with Crippen LogP contribution in [0, 0.1) is 10.1 Å². The van der Waals surface area contributed by atoms with Crippen LogP contribution >= 0.6 is 11.3 Å². The number of hydrogen-bond donors (Lipinski definition) is 2. The molecule has 0 aliphatic heterocycles. The second kappa shape index (κ2) is 4.75. The van der Waals surface area contributed by atoms with Crippen LogP contribution in [0.25, 0.3) is 0 Å².